The van der Waals surface area contributed by atoms with Gasteiger partial charge in [-0.15, -0.1) is 0 Å². The molecule has 0 atom stereocenters. The third-order valence-electron chi connectivity index (χ3n) is 2.19. The van der Waals surface area contributed by atoms with Crippen LogP contribution in [0.15, 0.2) is 18.2 Å². The average molecular weight is 262 g/mol. The predicted octanol–water partition coefficient (Wildman–Crippen LogP) is 3.23. The van der Waals surface area contributed by atoms with Gasteiger partial charge in [0, 0.05) is 12.0 Å². The molecule has 0 saturated heterocycles. The lowest BCUT2D eigenvalue weighted by atomic mass is 10.2. The van der Waals surface area contributed by atoms with Gasteiger partial charge in [-0.25, -0.2) is 0 Å². The molecule has 0 N–H and O–H groups in total. The first-order valence-electron chi connectivity index (χ1n) is 5.29. The normalized spacial score (nSPS) is 11.1. The molecule has 6 heteroatoms. The van der Waals surface area contributed by atoms with Gasteiger partial charge in [0.15, 0.2) is 11.5 Å². The molecule has 0 spiro atoms. The molecule has 0 bridgehead atoms. The van der Waals surface area contributed by atoms with Crippen molar-refractivity contribution in [1.82, 2.24) is 0 Å². The van der Waals surface area contributed by atoms with E-state index < -0.39 is 12.6 Å². The van der Waals surface area contributed by atoms with E-state index in [1.165, 1.54) is 25.3 Å². The number of rotatable bonds is 6. The van der Waals surface area contributed by atoms with E-state index in [0.717, 1.165) is 0 Å². The number of carbonyl (C=O) groups is 1. The van der Waals surface area contributed by atoms with Gasteiger partial charge in [0.2, 0.25) is 0 Å². The highest BCUT2D eigenvalue weighted by Gasteiger charge is 2.26. The Morgan fingerprint density at radius 2 is 2.00 bits per heavy atom. The number of carbonyl (C=O) groups excluding carboxylic acids is 1. The van der Waals surface area contributed by atoms with Gasteiger partial charge in [-0.2, -0.15) is 13.2 Å². The molecule has 1 rings (SSSR count). The van der Waals surface area contributed by atoms with Crippen LogP contribution in [0.5, 0.6) is 11.5 Å². The third-order valence-corrected chi connectivity index (χ3v) is 2.19. The van der Waals surface area contributed by atoms with Gasteiger partial charge in [0.05, 0.1) is 13.7 Å². The van der Waals surface area contributed by atoms with Crippen molar-refractivity contribution in [2.24, 2.45) is 0 Å². The summed E-state index contributed by atoms with van der Waals surface area (Å²) in [6, 6.07) is 4.47. The van der Waals surface area contributed by atoms with E-state index in [-0.39, 0.29) is 13.0 Å². The zero-order valence-corrected chi connectivity index (χ0v) is 9.79. The lowest BCUT2D eigenvalue weighted by Crippen LogP contribution is -2.10. The minimum Gasteiger partial charge on any atom is -0.493 e. The fourth-order valence-electron chi connectivity index (χ4n) is 1.33. The van der Waals surface area contributed by atoms with Gasteiger partial charge in [0.25, 0.3) is 0 Å². The molecule has 0 heterocycles. The summed E-state index contributed by atoms with van der Waals surface area (Å²) < 4.78 is 45.9. The number of benzene rings is 1. The number of methoxy groups -OCH3 is 1. The van der Waals surface area contributed by atoms with E-state index in [9.17, 15) is 18.0 Å². The molecule has 0 aliphatic heterocycles. The van der Waals surface area contributed by atoms with Crippen LogP contribution in [0.25, 0.3) is 0 Å². The molecule has 0 fully saturated rings. The van der Waals surface area contributed by atoms with Gasteiger partial charge in [-0.1, -0.05) is 0 Å². The van der Waals surface area contributed by atoms with Crippen LogP contribution < -0.4 is 9.47 Å². The molecule has 0 saturated carbocycles. The molecule has 0 radical (unpaired) electrons. The van der Waals surface area contributed by atoms with Crippen molar-refractivity contribution in [2.45, 2.75) is 19.0 Å². The smallest absolute Gasteiger partial charge is 0.389 e. The third kappa shape index (κ3) is 4.65. The van der Waals surface area contributed by atoms with E-state index in [1.807, 2.05) is 0 Å². The quantitative estimate of drug-likeness (QED) is 0.583. The zero-order valence-electron chi connectivity index (χ0n) is 9.79. The van der Waals surface area contributed by atoms with Gasteiger partial charge < -0.3 is 9.47 Å². The first-order valence-corrected chi connectivity index (χ1v) is 5.29. The fourth-order valence-corrected chi connectivity index (χ4v) is 1.33. The van der Waals surface area contributed by atoms with Crippen LogP contribution >= 0.6 is 0 Å². The highest BCUT2D eigenvalue weighted by Crippen LogP contribution is 2.28. The van der Waals surface area contributed by atoms with Crippen LogP contribution in [0.4, 0.5) is 13.2 Å². The second-order valence-electron chi connectivity index (χ2n) is 3.60. The summed E-state index contributed by atoms with van der Waals surface area (Å²) >= 11 is 0. The van der Waals surface area contributed by atoms with Crippen LogP contribution in [0.2, 0.25) is 0 Å². The Kier molecular flexibility index (Phi) is 5.00. The van der Waals surface area contributed by atoms with Crippen LogP contribution in [-0.2, 0) is 0 Å². The first kappa shape index (κ1) is 14.3. The molecule has 3 nitrogen and oxygen atoms in total. The van der Waals surface area contributed by atoms with E-state index >= 15 is 0 Å². The summed E-state index contributed by atoms with van der Waals surface area (Å²) in [7, 11) is 1.40. The van der Waals surface area contributed by atoms with E-state index in [4.69, 9.17) is 9.47 Å². The Labute approximate surface area is 103 Å². The van der Waals surface area contributed by atoms with E-state index in [2.05, 4.69) is 0 Å². The molecule has 0 aromatic heterocycles. The van der Waals surface area contributed by atoms with Crippen molar-refractivity contribution in [3.8, 4) is 11.5 Å². The van der Waals surface area contributed by atoms with E-state index in [1.54, 1.807) is 0 Å². The standard InChI is InChI=1S/C12H13F3O3/c1-17-11-7-9(8-16)3-4-10(11)18-6-2-5-12(13,14)15/h3-4,7-8H,2,5-6H2,1H3. The lowest BCUT2D eigenvalue weighted by Gasteiger charge is -2.11. The highest BCUT2D eigenvalue weighted by molar-refractivity contribution is 5.76. The minimum absolute atomic E-state index is 0.0592. The summed E-state index contributed by atoms with van der Waals surface area (Å²) in [5.74, 6) is 0.650. The topological polar surface area (TPSA) is 35.5 Å². The molecular formula is C12H13F3O3. The van der Waals surface area contributed by atoms with Crippen molar-refractivity contribution in [3.05, 3.63) is 23.8 Å². The maximum Gasteiger partial charge on any atom is 0.389 e. The molecule has 1 aromatic carbocycles. The van der Waals surface area contributed by atoms with Crippen molar-refractivity contribution >= 4 is 6.29 Å². The van der Waals surface area contributed by atoms with Crippen LogP contribution in [-0.4, -0.2) is 26.2 Å². The molecule has 0 amide bonds. The number of hydrogen-bond donors (Lipinski definition) is 0. The molecule has 0 aliphatic carbocycles. The minimum atomic E-state index is -4.17. The number of alkyl halides is 3. The summed E-state index contributed by atoms with van der Waals surface area (Å²) in [4.78, 5) is 10.5. The number of halogens is 3. The van der Waals surface area contributed by atoms with Gasteiger partial charge >= 0.3 is 6.18 Å². The summed E-state index contributed by atoms with van der Waals surface area (Å²) in [6.07, 6.45) is -4.53. The Morgan fingerprint density at radius 3 is 2.56 bits per heavy atom. The van der Waals surface area contributed by atoms with Gasteiger partial charge in [0.1, 0.15) is 6.29 Å². The van der Waals surface area contributed by atoms with Gasteiger partial charge in [-0.3, -0.25) is 4.79 Å². The zero-order chi connectivity index (χ0) is 13.6. The van der Waals surface area contributed by atoms with Crippen molar-refractivity contribution in [3.63, 3.8) is 0 Å². The molecule has 18 heavy (non-hydrogen) atoms. The van der Waals surface area contributed by atoms with E-state index in [0.29, 0.717) is 23.3 Å². The second kappa shape index (κ2) is 6.28. The number of hydrogen-bond acceptors (Lipinski definition) is 3. The molecular weight excluding hydrogens is 249 g/mol. The van der Waals surface area contributed by atoms with Crippen LogP contribution in [0, 0.1) is 0 Å². The number of aldehydes is 1. The first-order chi connectivity index (χ1) is 8.46. The second-order valence-corrected chi connectivity index (χ2v) is 3.60. The molecule has 1 aromatic rings. The Morgan fingerprint density at radius 1 is 1.28 bits per heavy atom. The van der Waals surface area contributed by atoms with Crippen molar-refractivity contribution in [1.29, 1.82) is 0 Å². The summed E-state index contributed by atoms with van der Waals surface area (Å²) in [5.41, 5.74) is 0.412. The maximum atomic E-state index is 11.9. The predicted molar refractivity (Wildman–Crippen MR) is 59.2 cm³/mol. The van der Waals surface area contributed by atoms with Crippen LogP contribution in [0.3, 0.4) is 0 Å². The Bertz CT molecular complexity index is 402. The monoisotopic (exact) mass is 262 g/mol. The van der Waals surface area contributed by atoms with Gasteiger partial charge in [-0.05, 0) is 24.6 Å². The fraction of sp³-hybridized carbons (Fsp3) is 0.417. The molecule has 100 valence electrons. The van der Waals surface area contributed by atoms with Crippen molar-refractivity contribution < 1.29 is 27.4 Å². The van der Waals surface area contributed by atoms with Crippen molar-refractivity contribution in [2.75, 3.05) is 13.7 Å². The molecule has 0 unspecified atom stereocenters. The SMILES string of the molecule is COc1cc(C=O)ccc1OCCCC(F)(F)F. The largest absolute Gasteiger partial charge is 0.493 e. The summed E-state index contributed by atoms with van der Waals surface area (Å²) in [6.45, 7) is -0.0592. The lowest BCUT2D eigenvalue weighted by molar-refractivity contribution is -0.136. The highest BCUT2D eigenvalue weighted by atomic mass is 19.4. The average Bonchev–Trinajstić information content (AvgIpc) is 2.33. The molecule has 0 aliphatic rings. The summed E-state index contributed by atoms with van der Waals surface area (Å²) in [5, 5.41) is 0. The number of ether oxygens (including phenoxy) is 2. The maximum absolute atomic E-state index is 11.9. The Balaban J connectivity index is 2.54. The Hall–Kier alpha value is -1.72. The van der Waals surface area contributed by atoms with Crippen LogP contribution in [0.1, 0.15) is 23.2 Å².